The standard InChI is InChI=1S/C33H29N5O5/c1-3-43-32(41)24-12-7-8-14-26(24)36-33(42)37-27-15-9-13-23-25(20-35-29(23)27)30(39)31(40)38-18-16-22(17-19-38)28(34-2)21-10-5-4-6-11-21/h4-15,20,35H,3,16-19H2,1H3,(H2,36,37,42). The van der Waals surface area contributed by atoms with Gasteiger partial charge < -0.3 is 25.3 Å². The number of hydrogen-bond donors (Lipinski definition) is 3. The minimum atomic E-state index is -0.655. The summed E-state index contributed by atoms with van der Waals surface area (Å²) in [6.07, 6.45) is 2.50. The zero-order chi connectivity index (χ0) is 30.3. The van der Waals surface area contributed by atoms with Gasteiger partial charge in [-0.15, -0.1) is 0 Å². The van der Waals surface area contributed by atoms with Gasteiger partial charge in [-0.25, -0.2) is 14.4 Å². The summed E-state index contributed by atoms with van der Waals surface area (Å²) in [5, 5.41) is 5.89. The summed E-state index contributed by atoms with van der Waals surface area (Å²) in [6.45, 7) is 10.2. The smallest absolute Gasteiger partial charge is 0.340 e. The van der Waals surface area contributed by atoms with E-state index in [1.807, 2.05) is 30.3 Å². The van der Waals surface area contributed by atoms with E-state index in [1.54, 1.807) is 49.4 Å². The minimum absolute atomic E-state index is 0.198. The Bertz CT molecular complexity index is 1770. The highest BCUT2D eigenvalue weighted by Gasteiger charge is 2.29. The molecule has 3 N–H and O–H groups in total. The van der Waals surface area contributed by atoms with Crippen molar-refractivity contribution in [3.8, 4) is 0 Å². The summed E-state index contributed by atoms with van der Waals surface area (Å²) in [7, 11) is 0. The molecular formula is C33H29N5O5. The van der Waals surface area contributed by atoms with E-state index in [9.17, 15) is 19.2 Å². The van der Waals surface area contributed by atoms with Crippen molar-refractivity contribution < 1.29 is 23.9 Å². The van der Waals surface area contributed by atoms with Crippen LogP contribution in [-0.2, 0) is 9.53 Å². The number of carbonyl (C=O) groups is 4. The minimum Gasteiger partial charge on any atom is -0.462 e. The summed E-state index contributed by atoms with van der Waals surface area (Å²) in [5.41, 5.74) is 3.98. The monoisotopic (exact) mass is 575 g/mol. The van der Waals surface area contributed by atoms with E-state index in [4.69, 9.17) is 11.3 Å². The number of likely N-dealkylation sites (tertiary alicyclic amines) is 1. The van der Waals surface area contributed by atoms with Crippen molar-refractivity contribution in [2.45, 2.75) is 19.8 Å². The molecule has 5 rings (SSSR count). The molecule has 2 heterocycles. The Hall–Kier alpha value is -5.69. The maximum atomic E-state index is 13.3. The lowest BCUT2D eigenvalue weighted by Gasteiger charge is -2.28. The molecule has 1 saturated heterocycles. The van der Waals surface area contributed by atoms with Crippen LogP contribution in [0.25, 0.3) is 21.4 Å². The molecule has 3 amide bonds. The van der Waals surface area contributed by atoms with E-state index in [-0.39, 0.29) is 23.4 Å². The summed E-state index contributed by atoms with van der Waals surface area (Å²) in [4.78, 5) is 59.9. The number of aromatic nitrogens is 1. The molecule has 10 nitrogen and oxygen atoms in total. The fraction of sp³-hybridized carbons (Fsp3) is 0.182. The number of ether oxygens (including phenoxy) is 1. The third kappa shape index (κ3) is 6.16. The van der Waals surface area contributed by atoms with Gasteiger partial charge in [-0.2, -0.15) is 0 Å². The molecular weight excluding hydrogens is 546 g/mol. The van der Waals surface area contributed by atoms with Crippen LogP contribution in [0.2, 0.25) is 0 Å². The summed E-state index contributed by atoms with van der Waals surface area (Å²) >= 11 is 0. The fourth-order valence-corrected chi connectivity index (χ4v) is 5.12. The van der Waals surface area contributed by atoms with Crippen LogP contribution in [0.5, 0.6) is 0 Å². The van der Waals surface area contributed by atoms with Crippen molar-refractivity contribution in [3.63, 3.8) is 0 Å². The van der Waals surface area contributed by atoms with Crippen LogP contribution in [0, 0.1) is 6.57 Å². The van der Waals surface area contributed by atoms with Gasteiger partial charge in [-0.1, -0.05) is 60.2 Å². The maximum absolute atomic E-state index is 13.3. The molecule has 0 unspecified atom stereocenters. The zero-order valence-electron chi connectivity index (χ0n) is 23.5. The Morgan fingerprint density at radius 2 is 1.56 bits per heavy atom. The normalized spacial score (nSPS) is 12.7. The van der Waals surface area contributed by atoms with Gasteiger partial charge in [0.2, 0.25) is 0 Å². The van der Waals surface area contributed by atoms with E-state index in [0.717, 1.165) is 11.1 Å². The van der Waals surface area contributed by atoms with E-state index < -0.39 is 23.7 Å². The molecule has 0 bridgehead atoms. The molecule has 0 atom stereocenters. The fourth-order valence-electron chi connectivity index (χ4n) is 5.12. The van der Waals surface area contributed by atoms with Gasteiger partial charge in [-0.05, 0) is 43.5 Å². The summed E-state index contributed by atoms with van der Waals surface area (Å²) in [5.74, 6) is -1.82. The second kappa shape index (κ2) is 12.9. The number of nitrogens with zero attached hydrogens (tertiary/aromatic N) is 2. The highest BCUT2D eigenvalue weighted by atomic mass is 16.5. The van der Waals surface area contributed by atoms with Crippen molar-refractivity contribution >= 4 is 51.7 Å². The topological polar surface area (TPSA) is 125 Å². The van der Waals surface area contributed by atoms with E-state index in [2.05, 4.69) is 20.5 Å². The molecule has 3 aromatic carbocycles. The SMILES string of the molecule is [C-]#[N+]C(=C1CCN(C(=O)C(=O)c2c[nH]c3c(NC(=O)Nc4ccccc4C(=O)OCC)cccc23)CC1)c1ccccc1. The molecule has 1 aliphatic heterocycles. The number of para-hydroxylation sites is 2. The first kappa shape index (κ1) is 28.8. The number of urea groups is 1. The van der Waals surface area contributed by atoms with E-state index in [1.165, 1.54) is 11.1 Å². The number of aromatic amines is 1. The molecule has 10 heteroatoms. The summed E-state index contributed by atoms with van der Waals surface area (Å²) < 4.78 is 5.06. The van der Waals surface area contributed by atoms with Crippen LogP contribution in [0.15, 0.2) is 84.6 Å². The average molecular weight is 576 g/mol. The van der Waals surface area contributed by atoms with Crippen molar-refractivity contribution in [1.29, 1.82) is 0 Å². The van der Waals surface area contributed by atoms with Crippen LogP contribution in [0.1, 0.15) is 46.0 Å². The number of H-pyrrole nitrogens is 1. The largest absolute Gasteiger partial charge is 0.462 e. The van der Waals surface area contributed by atoms with Crippen LogP contribution in [-0.4, -0.2) is 53.3 Å². The quantitative estimate of drug-likeness (QED) is 0.106. The lowest BCUT2D eigenvalue weighted by molar-refractivity contribution is -0.126. The number of benzene rings is 3. The number of esters is 1. The van der Waals surface area contributed by atoms with Crippen molar-refractivity contribution in [3.05, 3.63) is 113 Å². The van der Waals surface area contributed by atoms with Gasteiger partial charge in [-0.3, -0.25) is 9.59 Å². The average Bonchev–Trinajstić information content (AvgIpc) is 3.47. The number of rotatable bonds is 7. The second-order valence-corrected chi connectivity index (χ2v) is 9.83. The van der Waals surface area contributed by atoms with Crippen LogP contribution in [0.3, 0.4) is 0 Å². The van der Waals surface area contributed by atoms with Gasteiger partial charge in [0, 0.05) is 24.7 Å². The van der Waals surface area contributed by atoms with Gasteiger partial charge in [0.05, 0.1) is 41.2 Å². The summed E-state index contributed by atoms with van der Waals surface area (Å²) in [6, 6.07) is 20.4. The van der Waals surface area contributed by atoms with Crippen LogP contribution >= 0.6 is 0 Å². The van der Waals surface area contributed by atoms with Gasteiger partial charge in [0.15, 0.2) is 5.70 Å². The number of anilines is 2. The molecule has 0 spiro atoms. The van der Waals surface area contributed by atoms with Crippen molar-refractivity contribution in [1.82, 2.24) is 9.88 Å². The van der Waals surface area contributed by atoms with E-state index >= 15 is 0 Å². The molecule has 43 heavy (non-hydrogen) atoms. The highest BCUT2D eigenvalue weighted by molar-refractivity contribution is 6.45. The number of carbonyl (C=O) groups excluding carboxylic acids is 4. The second-order valence-electron chi connectivity index (χ2n) is 9.83. The number of amides is 3. The first-order valence-corrected chi connectivity index (χ1v) is 13.8. The first-order valence-electron chi connectivity index (χ1n) is 13.8. The first-order chi connectivity index (χ1) is 20.9. The number of nitrogens with one attached hydrogen (secondary N) is 3. The Morgan fingerprint density at radius 1 is 0.884 bits per heavy atom. The van der Waals surface area contributed by atoms with E-state index in [0.29, 0.717) is 48.2 Å². The number of piperidine rings is 1. The lowest BCUT2D eigenvalue weighted by Crippen LogP contribution is -2.40. The number of fused-ring (bicyclic) bond motifs is 1. The number of Topliss-reactive ketones (excluding diaryl/α,β-unsaturated/α-hetero) is 1. The van der Waals surface area contributed by atoms with Crippen molar-refractivity contribution in [2.24, 2.45) is 0 Å². The number of ketones is 1. The number of hydrogen-bond acceptors (Lipinski definition) is 5. The zero-order valence-corrected chi connectivity index (χ0v) is 23.5. The van der Waals surface area contributed by atoms with Crippen molar-refractivity contribution in [2.75, 3.05) is 30.3 Å². The third-order valence-electron chi connectivity index (χ3n) is 7.22. The molecule has 0 aliphatic carbocycles. The molecule has 1 fully saturated rings. The Kier molecular flexibility index (Phi) is 8.63. The van der Waals surface area contributed by atoms with Crippen LogP contribution < -0.4 is 10.6 Å². The Balaban J connectivity index is 1.28. The van der Waals surface area contributed by atoms with Gasteiger partial charge in [0.25, 0.3) is 11.7 Å². The molecule has 1 aromatic heterocycles. The van der Waals surface area contributed by atoms with Gasteiger partial charge >= 0.3 is 12.0 Å². The maximum Gasteiger partial charge on any atom is 0.340 e. The molecule has 1 aliphatic rings. The Labute approximate surface area is 248 Å². The predicted octanol–water partition coefficient (Wildman–Crippen LogP) is 6.12. The predicted molar refractivity (Wildman–Crippen MR) is 163 cm³/mol. The molecule has 4 aromatic rings. The lowest BCUT2D eigenvalue weighted by atomic mass is 9.97. The highest BCUT2D eigenvalue weighted by Crippen LogP contribution is 2.30. The molecule has 0 saturated carbocycles. The third-order valence-corrected chi connectivity index (χ3v) is 7.22. The molecule has 216 valence electrons. The van der Waals surface area contributed by atoms with Crippen LogP contribution in [0.4, 0.5) is 16.2 Å². The molecule has 0 radical (unpaired) electrons. The van der Waals surface area contributed by atoms with Gasteiger partial charge in [0.1, 0.15) is 0 Å². The Morgan fingerprint density at radius 3 is 2.28 bits per heavy atom.